The smallest absolute Gasteiger partial charge is 0.255 e. The van der Waals surface area contributed by atoms with E-state index in [1.165, 1.54) is 43.7 Å². The first kappa shape index (κ1) is 30.9. The van der Waals surface area contributed by atoms with Crippen molar-refractivity contribution in [3.8, 4) is 0 Å². The number of unbranched alkanes of at least 4 members (excludes halogenated alkanes) is 2. The van der Waals surface area contributed by atoms with E-state index in [0.29, 0.717) is 35.1 Å². The normalized spacial score (nSPS) is 11.6. The number of aromatic amines is 1. The summed E-state index contributed by atoms with van der Waals surface area (Å²) in [4.78, 5) is 23.0. The maximum absolute atomic E-state index is 14.3. The lowest BCUT2D eigenvalue weighted by Gasteiger charge is -2.18. The van der Waals surface area contributed by atoms with Gasteiger partial charge in [0, 0.05) is 23.7 Å². The standard InChI is InChI=1S/C32H39FN4O.C2H6/c1-5-8-9-13-22(12-6-2)23-16-18-24(19-17-23)32(38)36-30-25-20-21-29(35-31(25)34-27(30)7-3)37(4)28-15-11-10-14-26(28)33;1-2/h10-11,14-22H,5-9,12-13H2,1-4H3,(H,34,35)(H,36,38);1-2H3. The molecule has 0 radical (unpaired) electrons. The summed E-state index contributed by atoms with van der Waals surface area (Å²) >= 11 is 0. The average Bonchev–Trinajstić information content (AvgIpc) is 3.34. The van der Waals surface area contributed by atoms with E-state index in [9.17, 15) is 9.18 Å². The number of halogens is 1. The van der Waals surface area contributed by atoms with E-state index in [0.717, 1.165) is 23.2 Å². The Morgan fingerprint density at radius 2 is 1.68 bits per heavy atom. The molecule has 5 nitrogen and oxygen atoms in total. The van der Waals surface area contributed by atoms with Gasteiger partial charge in [-0.05, 0) is 67.1 Å². The highest BCUT2D eigenvalue weighted by Crippen LogP contribution is 2.32. The highest BCUT2D eigenvalue weighted by molar-refractivity contribution is 6.09. The number of aryl methyl sites for hydroxylation is 1. The van der Waals surface area contributed by atoms with E-state index in [1.54, 1.807) is 30.1 Å². The molecule has 4 rings (SSSR count). The third-order valence-electron chi connectivity index (χ3n) is 7.31. The van der Waals surface area contributed by atoms with Crippen LogP contribution in [0.4, 0.5) is 21.6 Å². The van der Waals surface area contributed by atoms with Gasteiger partial charge in [-0.3, -0.25) is 4.79 Å². The predicted molar refractivity (Wildman–Crippen MR) is 167 cm³/mol. The number of rotatable bonds is 12. The summed E-state index contributed by atoms with van der Waals surface area (Å²) in [5, 5.41) is 3.95. The minimum absolute atomic E-state index is 0.141. The van der Waals surface area contributed by atoms with Crippen LogP contribution in [0.15, 0.2) is 60.7 Å². The van der Waals surface area contributed by atoms with Gasteiger partial charge < -0.3 is 15.2 Å². The van der Waals surface area contributed by atoms with Gasteiger partial charge in [-0.25, -0.2) is 9.37 Å². The van der Waals surface area contributed by atoms with Gasteiger partial charge in [-0.15, -0.1) is 0 Å². The van der Waals surface area contributed by atoms with Gasteiger partial charge in [0.25, 0.3) is 5.91 Å². The van der Waals surface area contributed by atoms with Gasteiger partial charge in [0.05, 0.1) is 11.4 Å². The Hall–Kier alpha value is -3.67. The lowest BCUT2D eigenvalue weighted by Crippen LogP contribution is -2.13. The number of nitrogens with one attached hydrogen (secondary N) is 2. The van der Waals surface area contributed by atoms with E-state index in [2.05, 4.69) is 36.3 Å². The van der Waals surface area contributed by atoms with Gasteiger partial charge in [-0.1, -0.05) is 84.6 Å². The number of fused-ring (bicyclic) bond motifs is 1. The summed E-state index contributed by atoms with van der Waals surface area (Å²) in [7, 11) is 1.79. The molecule has 0 aliphatic carbocycles. The second-order valence-corrected chi connectivity index (χ2v) is 9.97. The maximum Gasteiger partial charge on any atom is 0.255 e. The number of pyridine rings is 1. The minimum atomic E-state index is -0.307. The van der Waals surface area contributed by atoms with Gasteiger partial charge in [0.2, 0.25) is 0 Å². The number of para-hydroxylation sites is 1. The molecule has 40 heavy (non-hydrogen) atoms. The van der Waals surface area contributed by atoms with E-state index in [4.69, 9.17) is 4.98 Å². The van der Waals surface area contributed by atoms with Crippen LogP contribution in [0.5, 0.6) is 0 Å². The lowest BCUT2D eigenvalue weighted by molar-refractivity contribution is 0.102. The molecule has 2 heterocycles. The van der Waals surface area contributed by atoms with Crippen molar-refractivity contribution in [3.63, 3.8) is 0 Å². The van der Waals surface area contributed by atoms with Crippen molar-refractivity contribution in [1.82, 2.24) is 9.97 Å². The molecular weight excluding hydrogens is 499 g/mol. The van der Waals surface area contributed by atoms with Crippen molar-refractivity contribution in [1.29, 1.82) is 0 Å². The van der Waals surface area contributed by atoms with Gasteiger partial charge >= 0.3 is 0 Å². The molecule has 2 aromatic heterocycles. The van der Waals surface area contributed by atoms with Crippen molar-refractivity contribution in [2.45, 2.75) is 85.5 Å². The first-order valence-corrected chi connectivity index (χ1v) is 14.9. The van der Waals surface area contributed by atoms with Crippen LogP contribution in [0, 0.1) is 5.82 Å². The fourth-order valence-corrected chi connectivity index (χ4v) is 5.11. The summed E-state index contributed by atoms with van der Waals surface area (Å²) in [6.07, 6.45) is 7.97. The summed E-state index contributed by atoms with van der Waals surface area (Å²) in [6, 6.07) is 18.5. The van der Waals surface area contributed by atoms with Crippen molar-refractivity contribution in [2.24, 2.45) is 0 Å². The van der Waals surface area contributed by atoms with E-state index in [-0.39, 0.29) is 11.7 Å². The molecular formula is C34H45FN4O. The SMILES string of the molecule is CC.CCCCCC(CCC)c1ccc(C(=O)Nc2c(CC)[nH]c3nc(N(C)c4ccccc4F)ccc23)cc1. The van der Waals surface area contributed by atoms with E-state index >= 15 is 0 Å². The molecule has 0 aliphatic heterocycles. The molecule has 1 amide bonds. The van der Waals surface area contributed by atoms with Crippen molar-refractivity contribution >= 4 is 34.1 Å². The summed E-state index contributed by atoms with van der Waals surface area (Å²) in [5.41, 5.74) is 4.71. The van der Waals surface area contributed by atoms with Gasteiger partial charge in [0.15, 0.2) is 0 Å². The van der Waals surface area contributed by atoms with Crippen LogP contribution in [0.25, 0.3) is 11.0 Å². The number of carbonyl (C=O) groups excluding carboxylic acids is 1. The highest BCUT2D eigenvalue weighted by atomic mass is 19.1. The second-order valence-electron chi connectivity index (χ2n) is 9.97. The molecule has 1 unspecified atom stereocenters. The largest absolute Gasteiger partial charge is 0.341 e. The van der Waals surface area contributed by atoms with Crippen LogP contribution < -0.4 is 10.2 Å². The Bertz CT molecular complexity index is 1360. The van der Waals surface area contributed by atoms with Gasteiger partial charge in [-0.2, -0.15) is 0 Å². The summed E-state index contributed by atoms with van der Waals surface area (Å²) in [5.74, 6) is 0.712. The quantitative estimate of drug-likeness (QED) is 0.175. The molecule has 0 fully saturated rings. The fraction of sp³-hybridized carbons (Fsp3) is 0.412. The Labute approximate surface area is 239 Å². The van der Waals surface area contributed by atoms with E-state index in [1.807, 2.05) is 45.0 Å². The number of carbonyl (C=O) groups is 1. The summed E-state index contributed by atoms with van der Waals surface area (Å²) in [6.45, 7) is 10.5. The van der Waals surface area contributed by atoms with Crippen LogP contribution >= 0.6 is 0 Å². The molecule has 4 aromatic rings. The van der Waals surface area contributed by atoms with Crippen LogP contribution in [0.1, 0.15) is 101 Å². The van der Waals surface area contributed by atoms with Crippen LogP contribution in [-0.2, 0) is 6.42 Å². The molecule has 0 aliphatic rings. The first-order chi connectivity index (χ1) is 19.5. The Balaban J connectivity index is 0.00000216. The topological polar surface area (TPSA) is 61.0 Å². The number of hydrogen-bond donors (Lipinski definition) is 2. The molecule has 214 valence electrons. The molecule has 6 heteroatoms. The molecule has 1 atom stereocenters. The predicted octanol–water partition coefficient (Wildman–Crippen LogP) is 9.77. The zero-order valence-corrected chi connectivity index (χ0v) is 25.0. The number of amides is 1. The molecule has 0 saturated heterocycles. The van der Waals surface area contributed by atoms with Crippen LogP contribution in [0.3, 0.4) is 0 Å². The van der Waals surface area contributed by atoms with Crippen molar-refractivity contribution in [3.05, 3.63) is 83.3 Å². The molecule has 2 aromatic carbocycles. The van der Waals surface area contributed by atoms with Crippen molar-refractivity contribution in [2.75, 3.05) is 17.3 Å². The minimum Gasteiger partial charge on any atom is -0.341 e. The van der Waals surface area contributed by atoms with Crippen LogP contribution in [-0.4, -0.2) is 22.9 Å². The van der Waals surface area contributed by atoms with Crippen molar-refractivity contribution < 1.29 is 9.18 Å². The Kier molecular flexibility index (Phi) is 11.7. The lowest BCUT2D eigenvalue weighted by atomic mass is 9.89. The fourth-order valence-electron chi connectivity index (χ4n) is 5.11. The second kappa shape index (κ2) is 15.2. The molecule has 2 N–H and O–H groups in total. The Morgan fingerprint density at radius 1 is 0.950 bits per heavy atom. The number of aromatic nitrogens is 2. The monoisotopic (exact) mass is 544 g/mol. The molecule has 0 saturated carbocycles. The van der Waals surface area contributed by atoms with E-state index < -0.39 is 0 Å². The number of anilines is 3. The zero-order valence-electron chi connectivity index (χ0n) is 25.0. The third kappa shape index (κ3) is 7.29. The maximum atomic E-state index is 14.3. The number of hydrogen-bond acceptors (Lipinski definition) is 3. The number of nitrogens with zero attached hydrogens (tertiary/aromatic N) is 2. The zero-order chi connectivity index (χ0) is 29.1. The average molecular weight is 545 g/mol. The highest BCUT2D eigenvalue weighted by Gasteiger charge is 2.18. The number of H-pyrrole nitrogens is 1. The number of benzene rings is 2. The Morgan fingerprint density at radius 3 is 2.33 bits per heavy atom. The molecule has 0 bridgehead atoms. The molecule has 0 spiro atoms. The van der Waals surface area contributed by atoms with Crippen LogP contribution in [0.2, 0.25) is 0 Å². The first-order valence-electron chi connectivity index (χ1n) is 14.9. The third-order valence-corrected chi connectivity index (χ3v) is 7.31. The van der Waals surface area contributed by atoms with Gasteiger partial charge in [0.1, 0.15) is 17.3 Å². The summed E-state index contributed by atoms with van der Waals surface area (Å²) < 4.78 is 14.3.